The van der Waals surface area contributed by atoms with E-state index in [1.165, 1.54) is 25.7 Å². The maximum atomic E-state index is 11.3. The highest BCUT2D eigenvalue weighted by Gasteiger charge is 2.40. The van der Waals surface area contributed by atoms with E-state index in [0.717, 1.165) is 29.4 Å². The number of carboxylic acids is 1. The van der Waals surface area contributed by atoms with Gasteiger partial charge in [0.25, 0.3) is 0 Å². The number of rotatable bonds is 5. The Morgan fingerprint density at radius 1 is 1.48 bits per heavy atom. The molecule has 21 heavy (non-hydrogen) atoms. The van der Waals surface area contributed by atoms with E-state index < -0.39 is 11.4 Å². The Hall–Kier alpha value is -1.10. The maximum Gasteiger partial charge on any atom is 0.315 e. The van der Waals surface area contributed by atoms with E-state index in [0.29, 0.717) is 5.69 Å². The van der Waals surface area contributed by atoms with Gasteiger partial charge in [-0.15, -0.1) is 11.3 Å². The molecule has 2 aliphatic rings. The summed E-state index contributed by atoms with van der Waals surface area (Å²) in [7, 11) is 2.09. The van der Waals surface area contributed by atoms with Gasteiger partial charge in [0.15, 0.2) is 5.13 Å². The molecule has 0 aromatic carbocycles. The van der Waals surface area contributed by atoms with Crippen molar-refractivity contribution in [2.24, 2.45) is 17.8 Å². The molecule has 0 saturated heterocycles. The van der Waals surface area contributed by atoms with Gasteiger partial charge in [-0.3, -0.25) is 4.79 Å². The minimum absolute atomic E-state index is 0.662. The molecular weight excluding hydrogens is 284 g/mol. The van der Waals surface area contributed by atoms with Gasteiger partial charge in [0.1, 0.15) is 5.41 Å². The monoisotopic (exact) mass is 308 g/mol. The number of carbonyl (C=O) groups is 1. The van der Waals surface area contributed by atoms with Crippen LogP contribution in [0.5, 0.6) is 0 Å². The van der Waals surface area contributed by atoms with Crippen molar-refractivity contribution in [3.8, 4) is 0 Å². The first-order chi connectivity index (χ1) is 9.88. The maximum absolute atomic E-state index is 11.3. The fourth-order valence-electron chi connectivity index (χ4n) is 3.87. The lowest BCUT2D eigenvalue weighted by Crippen LogP contribution is -2.30. The van der Waals surface area contributed by atoms with Crippen LogP contribution in [0.2, 0.25) is 0 Å². The van der Waals surface area contributed by atoms with E-state index in [9.17, 15) is 9.90 Å². The highest BCUT2D eigenvalue weighted by atomic mass is 32.1. The van der Waals surface area contributed by atoms with Gasteiger partial charge in [-0.2, -0.15) is 0 Å². The number of nitrogens with zero attached hydrogens (tertiary/aromatic N) is 2. The molecule has 2 saturated carbocycles. The summed E-state index contributed by atoms with van der Waals surface area (Å²) in [6.07, 6.45) is 5.62. The molecule has 3 atom stereocenters. The second kappa shape index (κ2) is 5.27. The Kier molecular flexibility index (Phi) is 3.72. The van der Waals surface area contributed by atoms with E-state index in [1.807, 2.05) is 5.38 Å². The second-order valence-electron chi connectivity index (χ2n) is 7.26. The molecule has 3 rings (SSSR count). The Balaban J connectivity index is 1.67. The Morgan fingerprint density at radius 2 is 2.24 bits per heavy atom. The van der Waals surface area contributed by atoms with Crippen molar-refractivity contribution in [1.82, 2.24) is 4.98 Å². The van der Waals surface area contributed by atoms with Crippen LogP contribution in [-0.4, -0.2) is 29.7 Å². The van der Waals surface area contributed by atoms with Crippen LogP contribution >= 0.6 is 11.3 Å². The first-order valence-corrected chi connectivity index (χ1v) is 8.66. The average molecular weight is 308 g/mol. The number of thiazole rings is 1. The highest BCUT2D eigenvalue weighted by Crippen LogP contribution is 2.48. The van der Waals surface area contributed by atoms with Crippen molar-refractivity contribution in [3.05, 3.63) is 11.1 Å². The minimum Gasteiger partial charge on any atom is -0.481 e. The summed E-state index contributed by atoms with van der Waals surface area (Å²) in [6.45, 7) is 4.48. The van der Waals surface area contributed by atoms with Crippen LogP contribution < -0.4 is 4.90 Å². The molecule has 1 N–H and O–H groups in total. The zero-order valence-electron chi connectivity index (χ0n) is 13.0. The number of aromatic nitrogens is 1. The molecule has 5 heteroatoms. The zero-order chi connectivity index (χ0) is 15.2. The lowest BCUT2D eigenvalue weighted by atomic mass is 9.88. The van der Waals surface area contributed by atoms with E-state index in [4.69, 9.17) is 0 Å². The van der Waals surface area contributed by atoms with Crippen molar-refractivity contribution in [2.45, 2.75) is 44.9 Å². The molecule has 1 heterocycles. The molecule has 116 valence electrons. The van der Waals surface area contributed by atoms with Gasteiger partial charge in [-0.1, -0.05) is 6.42 Å². The van der Waals surface area contributed by atoms with Crippen LogP contribution in [0.4, 0.5) is 5.13 Å². The Bertz CT molecular complexity index is 540. The van der Waals surface area contributed by atoms with E-state index >= 15 is 0 Å². The summed E-state index contributed by atoms with van der Waals surface area (Å²) < 4.78 is 0. The summed E-state index contributed by atoms with van der Waals surface area (Å²) in [5.74, 6) is 1.85. The van der Waals surface area contributed by atoms with Gasteiger partial charge in [-0.05, 0) is 50.9 Å². The van der Waals surface area contributed by atoms with E-state index in [1.54, 1.807) is 25.2 Å². The van der Waals surface area contributed by atoms with Crippen LogP contribution in [0.25, 0.3) is 0 Å². The number of aliphatic carboxylic acids is 1. The number of anilines is 1. The molecular formula is C16H24N2O2S. The third kappa shape index (κ3) is 2.68. The molecule has 0 spiro atoms. The van der Waals surface area contributed by atoms with Crippen LogP contribution in [0.1, 0.15) is 45.2 Å². The van der Waals surface area contributed by atoms with Crippen molar-refractivity contribution in [3.63, 3.8) is 0 Å². The summed E-state index contributed by atoms with van der Waals surface area (Å²) in [6, 6.07) is 0. The Labute approximate surface area is 130 Å². The molecule has 4 nitrogen and oxygen atoms in total. The predicted octanol–water partition coefficient (Wildman–Crippen LogP) is 3.38. The summed E-state index contributed by atoms with van der Waals surface area (Å²) in [5.41, 5.74) is -0.253. The fraction of sp³-hybridized carbons (Fsp3) is 0.750. The van der Waals surface area contributed by atoms with E-state index in [-0.39, 0.29) is 0 Å². The molecule has 1 aromatic heterocycles. The molecule has 2 aliphatic carbocycles. The SMILES string of the molecule is CN(CC1CC2CCC1C2)c1nc(C(C)(C)C(=O)O)cs1. The molecule has 0 radical (unpaired) electrons. The van der Waals surface area contributed by atoms with Crippen LogP contribution in [0, 0.1) is 17.8 Å². The third-order valence-corrected chi connectivity index (χ3v) is 6.34. The largest absolute Gasteiger partial charge is 0.481 e. The number of fused-ring (bicyclic) bond motifs is 2. The lowest BCUT2D eigenvalue weighted by molar-refractivity contribution is -0.142. The third-order valence-electron chi connectivity index (χ3n) is 5.39. The van der Waals surface area contributed by atoms with Gasteiger partial charge in [0.05, 0.1) is 5.69 Å². The molecule has 3 unspecified atom stereocenters. The fourth-order valence-corrected chi connectivity index (χ4v) is 4.84. The lowest BCUT2D eigenvalue weighted by Gasteiger charge is -2.27. The standard InChI is InChI=1S/C16H24N2O2S/c1-16(2,14(19)20)13-9-21-15(17-13)18(3)8-12-7-10-4-5-11(12)6-10/h9-12H,4-8H2,1-3H3,(H,19,20). The molecule has 2 fully saturated rings. The zero-order valence-corrected chi connectivity index (χ0v) is 13.8. The van der Waals surface area contributed by atoms with Gasteiger partial charge in [0.2, 0.25) is 0 Å². The molecule has 2 bridgehead atoms. The smallest absolute Gasteiger partial charge is 0.315 e. The van der Waals surface area contributed by atoms with Crippen LogP contribution in [0.15, 0.2) is 5.38 Å². The number of carboxylic acid groups (broad SMARTS) is 1. The molecule has 0 aliphatic heterocycles. The van der Waals surface area contributed by atoms with Gasteiger partial charge >= 0.3 is 5.97 Å². The summed E-state index contributed by atoms with van der Waals surface area (Å²) >= 11 is 1.56. The quantitative estimate of drug-likeness (QED) is 0.906. The average Bonchev–Trinajstić information content (AvgIpc) is 3.14. The second-order valence-corrected chi connectivity index (χ2v) is 8.10. The first kappa shape index (κ1) is 14.8. The predicted molar refractivity (Wildman–Crippen MR) is 85.0 cm³/mol. The Morgan fingerprint density at radius 3 is 2.81 bits per heavy atom. The molecule has 0 amide bonds. The number of hydrogen-bond donors (Lipinski definition) is 1. The van der Waals surface area contributed by atoms with Gasteiger partial charge in [0, 0.05) is 19.0 Å². The van der Waals surface area contributed by atoms with Crippen molar-refractivity contribution in [1.29, 1.82) is 0 Å². The normalized spacial score (nSPS) is 28.0. The molecule has 1 aromatic rings. The summed E-state index contributed by atoms with van der Waals surface area (Å²) in [5, 5.41) is 12.1. The van der Waals surface area contributed by atoms with E-state index in [2.05, 4.69) is 16.9 Å². The van der Waals surface area contributed by atoms with Gasteiger partial charge < -0.3 is 10.0 Å². The minimum atomic E-state index is -0.915. The topological polar surface area (TPSA) is 53.4 Å². The van der Waals surface area contributed by atoms with Crippen molar-refractivity contribution < 1.29 is 9.90 Å². The first-order valence-electron chi connectivity index (χ1n) is 7.78. The summed E-state index contributed by atoms with van der Waals surface area (Å²) in [4.78, 5) is 18.1. The van der Waals surface area contributed by atoms with Gasteiger partial charge in [-0.25, -0.2) is 4.98 Å². The van der Waals surface area contributed by atoms with Crippen molar-refractivity contribution in [2.75, 3.05) is 18.5 Å². The van der Waals surface area contributed by atoms with Crippen LogP contribution in [0.3, 0.4) is 0 Å². The highest BCUT2D eigenvalue weighted by molar-refractivity contribution is 7.13. The van der Waals surface area contributed by atoms with Crippen LogP contribution in [-0.2, 0) is 10.2 Å². The van der Waals surface area contributed by atoms with Crippen molar-refractivity contribution >= 4 is 22.4 Å². The number of hydrogen-bond acceptors (Lipinski definition) is 4.